The number of esters is 1. The molecule has 0 spiro atoms. The Hall–Kier alpha value is -1.14. The van der Waals surface area contributed by atoms with E-state index in [1.165, 1.54) is 161 Å². The molecule has 0 aromatic heterocycles. The number of aliphatic hydroxyl groups is 2. The van der Waals surface area contributed by atoms with E-state index >= 15 is 0 Å². The second-order valence-electron chi connectivity index (χ2n) is 15.8. The zero-order valence-corrected chi connectivity index (χ0v) is 34.5. The molecule has 0 aromatic rings. The van der Waals surface area contributed by atoms with Crippen LogP contribution in [-0.2, 0) is 14.3 Å². The molecule has 0 aromatic carbocycles. The minimum Gasteiger partial charge on any atom is -0.462 e. The smallest absolute Gasteiger partial charge is 0.306 e. The van der Waals surface area contributed by atoms with Gasteiger partial charge in [-0.25, -0.2) is 0 Å². The molecule has 0 saturated heterocycles. The van der Waals surface area contributed by atoms with E-state index in [-0.39, 0.29) is 24.9 Å². The van der Waals surface area contributed by atoms with Gasteiger partial charge in [-0.3, -0.25) is 9.59 Å². The van der Waals surface area contributed by atoms with Gasteiger partial charge >= 0.3 is 5.97 Å². The SMILES string of the molecule is CCCCCCCCCCCCCCCC(=O)OC(CCCCCCCCC)CC(=O)NC(CO)C(O)CCCCCCCCCCCCCC. The van der Waals surface area contributed by atoms with E-state index in [9.17, 15) is 19.8 Å². The average molecular weight is 724 g/mol. The molecule has 3 unspecified atom stereocenters. The molecule has 0 radical (unpaired) electrons. The third kappa shape index (κ3) is 35.6. The highest BCUT2D eigenvalue weighted by Crippen LogP contribution is 2.18. The summed E-state index contributed by atoms with van der Waals surface area (Å²) >= 11 is 0. The Balaban J connectivity index is 4.40. The van der Waals surface area contributed by atoms with E-state index in [4.69, 9.17) is 4.74 Å². The largest absolute Gasteiger partial charge is 0.462 e. The molecule has 0 aliphatic rings. The standard InChI is InChI=1S/C45H89NO5/c1-4-7-10-13-16-18-20-22-24-26-29-32-35-38-45(50)51-41(36-33-30-27-15-12-9-6-3)39-44(49)46-42(40-47)43(48)37-34-31-28-25-23-21-19-17-14-11-8-5-2/h41-43,47-48H,4-40H2,1-3H3,(H,46,49). The fourth-order valence-corrected chi connectivity index (χ4v) is 7.20. The first-order chi connectivity index (χ1) is 25.0. The van der Waals surface area contributed by atoms with Crippen LogP contribution in [0.1, 0.15) is 252 Å². The van der Waals surface area contributed by atoms with Crippen LogP contribution in [0.4, 0.5) is 0 Å². The lowest BCUT2D eigenvalue weighted by Gasteiger charge is -2.24. The summed E-state index contributed by atoms with van der Waals surface area (Å²) in [4.78, 5) is 25.8. The number of nitrogens with one attached hydrogen (secondary N) is 1. The summed E-state index contributed by atoms with van der Waals surface area (Å²) in [5.41, 5.74) is 0. The Morgan fingerprint density at radius 1 is 0.490 bits per heavy atom. The lowest BCUT2D eigenvalue weighted by Crippen LogP contribution is -2.46. The number of amides is 1. The summed E-state index contributed by atoms with van der Waals surface area (Å²) in [6.45, 7) is 6.45. The minimum atomic E-state index is -0.776. The molecule has 0 fully saturated rings. The molecule has 304 valence electrons. The number of aliphatic hydroxyl groups excluding tert-OH is 2. The number of rotatable bonds is 41. The van der Waals surface area contributed by atoms with Crippen LogP contribution in [0.25, 0.3) is 0 Å². The molecule has 0 bridgehead atoms. The summed E-state index contributed by atoms with van der Waals surface area (Å²) in [5, 5.41) is 23.6. The Morgan fingerprint density at radius 3 is 1.20 bits per heavy atom. The molecule has 0 aliphatic carbocycles. The van der Waals surface area contributed by atoms with Crippen molar-refractivity contribution in [2.24, 2.45) is 0 Å². The van der Waals surface area contributed by atoms with Crippen molar-refractivity contribution < 1.29 is 24.5 Å². The zero-order valence-electron chi connectivity index (χ0n) is 34.5. The zero-order chi connectivity index (χ0) is 37.5. The number of hydrogen-bond acceptors (Lipinski definition) is 5. The lowest BCUT2D eigenvalue weighted by atomic mass is 10.0. The van der Waals surface area contributed by atoms with Gasteiger partial charge < -0.3 is 20.3 Å². The fraction of sp³-hybridized carbons (Fsp3) is 0.956. The van der Waals surface area contributed by atoms with Gasteiger partial charge in [0.1, 0.15) is 6.10 Å². The number of ether oxygens (including phenoxy) is 1. The molecule has 0 heterocycles. The van der Waals surface area contributed by atoms with Gasteiger partial charge in [0.2, 0.25) is 5.91 Å². The van der Waals surface area contributed by atoms with E-state index in [0.29, 0.717) is 19.3 Å². The van der Waals surface area contributed by atoms with Crippen molar-refractivity contribution >= 4 is 11.9 Å². The monoisotopic (exact) mass is 724 g/mol. The van der Waals surface area contributed by atoms with Crippen molar-refractivity contribution in [2.75, 3.05) is 6.61 Å². The molecule has 6 heteroatoms. The van der Waals surface area contributed by atoms with Crippen LogP contribution in [0.2, 0.25) is 0 Å². The molecule has 0 saturated carbocycles. The van der Waals surface area contributed by atoms with E-state index in [1.807, 2.05) is 0 Å². The minimum absolute atomic E-state index is 0.0853. The predicted molar refractivity (Wildman–Crippen MR) is 218 cm³/mol. The molecule has 0 rings (SSSR count). The van der Waals surface area contributed by atoms with Gasteiger partial charge in [0.15, 0.2) is 0 Å². The molecule has 3 atom stereocenters. The van der Waals surface area contributed by atoms with Crippen LogP contribution in [0.5, 0.6) is 0 Å². The van der Waals surface area contributed by atoms with Gasteiger partial charge in [-0.15, -0.1) is 0 Å². The summed E-state index contributed by atoms with van der Waals surface area (Å²) in [7, 11) is 0. The van der Waals surface area contributed by atoms with Crippen molar-refractivity contribution in [1.29, 1.82) is 0 Å². The first-order valence-electron chi connectivity index (χ1n) is 22.8. The predicted octanol–water partition coefficient (Wildman–Crippen LogP) is 12.8. The quantitative estimate of drug-likeness (QED) is 0.0431. The van der Waals surface area contributed by atoms with E-state index < -0.39 is 18.2 Å². The Morgan fingerprint density at radius 2 is 0.824 bits per heavy atom. The fourth-order valence-electron chi connectivity index (χ4n) is 7.20. The summed E-state index contributed by atoms with van der Waals surface area (Å²) in [5.74, 6) is -0.464. The highest BCUT2D eigenvalue weighted by Gasteiger charge is 2.24. The Labute approximate surface area is 317 Å². The highest BCUT2D eigenvalue weighted by atomic mass is 16.5. The Bertz CT molecular complexity index is 731. The van der Waals surface area contributed by atoms with Crippen molar-refractivity contribution in [3.05, 3.63) is 0 Å². The second kappa shape index (κ2) is 40.1. The normalized spacial score (nSPS) is 13.3. The number of hydrogen-bond donors (Lipinski definition) is 3. The van der Waals surface area contributed by atoms with Crippen molar-refractivity contribution in [2.45, 2.75) is 270 Å². The maximum Gasteiger partial charge on any atom is 0.306 e. The second-order valence-corrected chi connectivity index (χ2v) is 15.8. The van der Waals surface area contributed by atoms with Gasteiger partial charge in [0.25, 0.3) is 0 Å². The van der Waals surface area contributed by atoms with Crippen LogP contribution >= 0.6 is 0 Å². The average Bonchev–Trinajstić information content (AvgIpc) is 3.12. The van der Waals surface area contributed by atoms with E-state index in [2.05, 4.69) is 26.1 Å². The van der Waals surface area contributed by atoms with E-state index in [0.717, 1.165) is 44.9 Å². The lowest BCUT2D eigenvalue weighted by molar-refractivity contribution is -0.151. The molecule has 0 aliphatic heterocycles. The number of unbranched alkanes of at least 4 members (excludes halogenated alkanes) is 29. The molecule has 51 heavy (non-hydrogen) atoms. The first-order valence-corrected chi connectivity index (χ1v) is 22.8. The molecular formula is C45H89NO5. The van der Waals surface area contributed by atoms with Gasteiger partial charge in [-0.1, -0.05) is 213 Å². The van der Waals surface area contributed by atoms with Crippen LogP contribution < -0.4 is 5.32 Å². The molecule has 3 N–H and O–H groups in total. The van der Waals surface area contributed by atoms with Gasteiger partial charge in [0, 0.05) is 6.42 Å². The third-order valence-electron chi connectivity index (χ3n) is 10.7. The van der Waals surface area contributed by atoms with Gasteiger partial charge in [-0.05, 0) is 25.7 Å². The summed E-state index contributed by atoms with van der Waals surface area (Å²) in [6, 6.07) is -0.689. The molecule has 1 amide bonds. The highest BCUT2D eigenvalue weighted by molar-refractivity contribution is 5.77. The molecular weight excluding hydrogens is 634 g/mol. The maximum absolute atomic E-state index is 13.1. The van der Waals surface area contributed by atoms with Crippen LogP contribution in [0.15, 0.2) is 0 Å². The van der Waals surface area contributed by atoms with Crippen LogP contribution in [0, 0.1) is 0 Å². The maximum atomic E-state index is 13.1. The summed E-state index contributed by atoms with van der Waals surface area (Å²) < 4.78 is 5.87. The first kappa shape index (κ1) is 49.9. The van der Waals surface area contributed by atoms with Crippen LogP contribution in [-0.4, -0.2) is 46.9 Å². The Kier molecular flexibility index (Phi) is 39.2. The van der Waals surface area contributed by atoms with Crippen LogP contribution in [0.3, 0.4) is 0 Å². The van der Waals surface area contributed by atoms with Crippen molar-refractivity contribution in [3.8, 4) is 0 Å². The summed E-state index contributed by atoms with van der Waals surface area (Å²) in [6.07, 6.45) is 40.3. The van der Waals surface area contributed by atoms with Gasteiger partial charge in [0.05, 0.1) is 25.2 Å². The van der Waals surface area contributed by atoms with Gasteiger partial charge in [-0.2, -0.15) is 0 Å². The van der Waals surface area contributed by atoms with Crippen molar-refractivity contribution in [1.82, 2.24) is 5.32 Å². The van der Waals surface area contributed by atoms with E-state index in [1.54, 1.807) is 0 Å². The third-order valence-corrected chi connectivity index (χ3v) is 10.7. The number of carbonyl (C=O) groups excluding carboxylic acids is 2. The molecule has 6 nitrogen and oxygen atoms in total. The van der Waals surface area contributed by atoms with Crippen molar-refractivity contribution in [3.63, 3.8) is 0 Å². The topological polar surface area (TPSA) is 95.9 Å². The number of carbonyl (C=O) groups is 2.